The SMILES string of the molecule is CCOC(=O)N1CCC(N2C[C@@]34C=C[C@H](O3)[C@H](C(=O)[O-])[C@H]4C2=O)CC1. The largest absolute Gasteiger partial charge is 0.550 e. The first-order valence-electron chi connectivity index (χ1n) is 8.77. The van der Waals surface area contributed by atoms with Gasteiger partial charge in [-0.2, -0.15) is 0 Å². The molecule has 3 saturated heterocycles. The number of nitrogens with zero attached hydrogens (tertiary/aromatic N) is 2. The van der Waals surface area contributed by atoms with E-state index in [2.05, 4.69) is 0 Å². The van der Waals surface area contributed by atoms with Gasteiger partial charge in [0.05, 0.1) is 25.2 Å². The van der Waals surface area contributed by atoms with Crippen LogP contribution in [0.1, 0.15) is 19.8 Å². The zero-order chi connectivity index (χ0) is 17.8. The molecule has 25 heavy (non-hydrogen) atoms. The van der Waals surface area contributed by atoms with Crippen LogP contribution in [0.25, 0.3) is 0 Å². The Kier molecular flexibility index (Phi) is 3.75. The van der Waals surface area contributed by atoms with E-state index in [4.69, 9.17) is 9.47 Å². The highest BCUT2D eigenvalue weighted by Gasteiger charge is 2.66. The zero-order valence-corrected chi connectivity index (χ0v) is 14.1. The van der Waals surface area contributed by atoms with Crippen molar-refractivity contribution in [1.82, 2.24) is 9.80 Å². The Bertz CT molecular complexity index is 641. The van der Waals surface area contributed by atoms with Crippen LogP contribution in [0.4, 0.5) is 4.79 Å². The van der Waals surface area contributed by atoms with Gasteiger partial charge in [0.25, 0.3) is 0 Å². The topological polar surface area (TPSA) is 99.2 Å². The number of ether oxygens (including phenoxy) is 2. The molecular formula is C17H21N2O6-. The maximum absolute atomic E-state index is 12.9. The molecule has 1 spiro atoms. The zero-order valence-electron chi connectivity index (χ0n) is 14.1. The predicted octanol–water partition coefficient (Wildman–Crippen LogP) is -0.861. The second-order valence-electron chi connectivity index (χ2n) is 7.10. The van der Waals surface area contributed by atoms with Crippen LogP contribution in [-0.4, -0.2) is 71.8 Å². The van der Waals surface area contributed by atoms with Gasteiger partial charge in [-0.25, -0.2) is 4.79 Å². The van der Waals surface area contributed by atoms with Gasteiger partial charge in [0.2, 0.25) is 5.91 Å². The molecule has 0 unspecified atom stereocenters. The van der Waals surface area contributed by atoms with E-state index in [0.717, 1.165) is 0 Å². The Hall–Kier alpha value is -2.09. The molecule has 0 radical (unpaired) electrons. The van der Waals surface area contributed by atoms with Gasteiger partial charge in [-0.05, 0) is 19.8 Å². The smallest absolute Gasteiger partial charge is 0.409 e. The highest BCUT2D eigenvalue weighted by Crippen LogP contribution is 2.52. The van der Waals surface area contributed by atoms with Crippen molar-refractivity contribution in [2.75, 3.05) is 26.2 Å². The maximum atomic E-state index is 12.9. The Morgan fingerprint density at radius 2 is 2.12 bits per heavy atom. The number of aliphatic carboxylic acids is 1. The average molecular weight is 349 g/mol. The van der Waals surface area contributed by atoms with E-state index in [9.17, 15) is 19.5 Å². The lowest BCUT2D eigenvalue weighted by Crippen LogP contribution is -2.49. The van der Waals surface area contributed by atoms with Gasteiger partial charge < -0.3 is 29.2 Å². The van der Waals surface area contributed by atoms with E-state index in [1.54, 1.807) is 22.8 Å². The predicted molar refractivity (Wildman–Crippen MR) is 82.1 cm³/mol. The number of fused-ring (bicyclic) bond motifs is 1. The van der Waals surface area contributed by atoms with Gasteiger partial charge in [-0.1, -0.05) is 12.2 Å². The molecule has 0 aromatic heterocycles. The molecule has 4 rings (SSSR count). The Labute approximate surface area is 145 Å². The fraction of sp³-hybridized carbons (Fsp3) is 0.706. The first kappa shape index (κ1) is 16.4. The molecule has 4 atom stereocenters. The number of carboxylic acids is 1. The van der Waals surface area contributed by atoms with Crippen LogP contribution in [0, 0.1) is 11.8 Å². The van der Waals surface area contributed by atoms with Gasteiger partial charge in [0, 0.05) is 31.0 Å². The number of likely N-dealkylation sites (tertiary alicyclic amines) is 2. The van der Waals surface area contributed by atoms with Crippen molar-refractivity contribution in [1.29, 1.82) is 0 Å². The summed E-state index contributed by atoms with van der Waals surface area (Å²) in [5.74, 6) is -3.01. The molecule has 2 amide bonds. The van der Waals surface area contributed by atoms with E-state index in [1.807, 2.05) is 6.08 Å². The third-order valence-electron chi connectivity index (χ3n) is 5.83. The summed E-state index contributed by atoms with van der Waals surface area (Å²) in [5.41, 5.74) is -0.829. The first-order valence-corrected chi connectivity index (χ1v) is 8.77. The molecule has 0 aromatic carbocycles. The maximum Gasteiger partial charge on any atom is 0.409 e. The second-order valence-corrected chi connectivity index (χ2v) is 7.10. The number of hydrogen-bond acceptors (Lipinski definition) is 6. The molecule has 8 heteroatoms. The minimum Gasteiger partial charge on any atom is -0.550 e. The highest BCUT2D eigenvalue weighted by molar-refractivity contribution is 5.90. The summed E-state index contributed by atoms with van der Waals surface area (Å²) >= 11 is 0. The van der Waals surface area contributed by atoms with Crippen molar-refractivity contribution in [2.45, 2.75) is 37.5 Å². The van der Waals surface area contributed by atoms with E-state index < -0.39 is 29.5 Å². The summed E-state index contributed by atoms with van der Waals surface area (Å²) in [7, 11) is 0. The van der Waals surface area contributed by atoms with Gasteiger partial charge in [0.1, 0.15) is 5.60 Å². The fourth-order valence-electron chi connectivity index (χ4n) is 4.68. The Balaban J connectivity index is 1.46. The number of carbonyl (C=O) groups excluding carboxylic acids is 3. The van der Waals surface area contributed by atoms with Crippen molar-refractivity contribution < 1.29 is 29.0 Å². The van der Waals surface area contributed by atoms with E-state index in [-0.39, 0.29) is 18.0 Å². The molecule has 2 bridgehead atoms. The van der Waals surface area contributed by atoms with Crippen LogP contribution >= 0.6 is 0 Å². The van der Waals surface area contributed by atoms with Crippen molar-refractivity contribution >= 4 is 18.0 Å². The summed E-state index contributed by atoms with van der Waals surface area (Å²) in [4.78, 5) is 39.6. The van der Waals surface area contributed by atoms with Gasteiger partial charge >= 0.3 is 6.09 Å². The van der Waals surface area contributed by atoms with Gasteiger partial charge in [0.15, 0.2) is 0 Å². The van der Waals surface area contributed by atoms with Gasteiger partial charge in [-0.15, -0.1) is 0 Å². The van der Waals surface area contributed by atoms with Crippen molar-refractivity contribution in [3.8, 4) is 0 Å². The summed E-state index contributed by atoms with van der Waals surface area (Å²) in [6, 6.07) is -0.0170. The Morgan fingerprint density at radius 3 is 2.76 bits per heavy atom. The number of hydrogen-bond donors (Lipinski definition) is 0. The van der Waals surface area contributed by atoms with Gasteiger partial charge in [-0.3, -0.25) is 4.79 Å². The average Bonchev–Trinajstić information content (AvgIpc) is 3.23. The molecule has 0 N–H and O–H groups in total. The van der Waals surface area contributed by atoms with Crippen LogP contribution in [-0.2, 0) is 19.1 Å². The van der Waals surface area contributed by atoms with E-state index >= 15 is 0 Å². The molecule has 3 fully saturated rings. The summed E-state index contributed by atoms with van der Waals surface area (Å²) in [6.45, 7) is 3.52. The molecule has 0 saturated carbocycles. The summed E-state index contributed by atoms with van der Waals surface area (Å²) in [5, 5.41) is 11.5. The normalized spacial score (nSPS) is 36.8. The summed E-state index contributed by atoms with van der Waals surface area (Å²) in [6.07, 6.45) is 3.98. The third kappa shape index (κ3) is 2.34. The molecule has 4 aliphatic heterocycles. The minimum absolute atomic E-state index is 0.0170. The van der Waals surface area contributed by atoms with Crippen LogP contribution in [0.15, 0.2) is 12.2 Å². The second kappa shape index (κ2) is 5.72. The van der Waals surface area contributed by atoms with Crippen LogP contribution in [0.3, 0.4) is 0 Å². The lowest BCUT2D eigenvalue weighted by molar-refractivity contribution is -0.313. The fourth-order valence-corrected chi connectivity index (χ4v) is 4.68. The molecule has 8 nitrogen and oxygen atoms in total. The summed E-state index contributed by atoms with van der Waals surface area (Å²) < 4.78 is 10.9. The number of carboxylic acid groups (broad SMARTS) is 1. The third-order valence-corrected chi connectivity index (χ3v) is 5.83. The van der Waals surface area contributed by atoms with Crippen molar-refractivity contribution in [3.63, 3.8) is 0 Å². The lowest BCUT2D eigenvalue weighted by Gasteiger charge is -2.37. The van der Waals surface area contributed by atoms with Crippen LogP contribution in [0.2, 0.25) is 0 Å². The standard InChI is InChI=1S/C17H22N2O6/c1-2-24-16(23)18-7-4-10(5-8-18)19-9-17-6-3-11(25-17)12(15(21)22)13(17)14(19)20/h3,6,10-13H,2,4-5,7-9H2,1H3,(H,21,22)/p-1/t11-,12-,13-,17+/m0/s1. The van der Waals surface area contributed by atoms with E-state index in [1.165, 1.54) is 0 Å². The highest BCUT2D eigenvalue weighted by atomic mass is 16.6. The number of piperidine rings is 1. The quantitative estimate of drug-likeness (QED) is 0.615. The van der Waals surface area contributed by atoms with E-state index in [0.29, 0.717) is 39.1 Å². The lowest BCUT2D eigenvalue weighted by atomic mass is 9.77. The molecule has 4 aliphatic rings. The molecule has 0 aromatic rings. The van der Waals surface area contributed by atoms with Crippen LogP contribution in [0.5, 0.6) is 0 Å². The van der Waals surface area contributed by atoms with Crippen molar-refractivity contribution in [2.24, 2.45) is 11.8 Å². The number of carbonyl (C=O) groups is 3. The molecule has 136 valence electrons. The monoisotopic (exact) mass is 349 g/mol. The number of rotatable bonds is 3. The minimum atomic E-state index is -1.23. The van der Waals surface area contributed by atoms with Crippen LogP contribution < -0.4 is 5.11 Å². The molecule has 4 heterocycles. The van der Waals surface area contributed by atoms with Crippen molar-refractivity contribution in [3.05, 3.63) is 12.2 Å². The molecular weight excluding hydrogens is 328 g/mol. The number of amides is 2. The Morgan fingerprint density at radius 1 is 1.40 bits per heavy atom. The molecule has 0 aliphatic carbocycles. The first-order chi connectivity index (χ1) is 12.0.